The fraction of sp³-hybridized carbons (Fsp3) is 0.472. The van der Waals surface area contributed by atoms with Crippen LogP contribution in [0.15, 0.2) is 30.5 Å². The summed E-state index contributed by atoms with van der Waals surface area (Å²) in [6, 6.07) is 6.18. The predicted octanol–water partition coefficient (Wildman–Crippen LogP) is 6.53. The molecule has 4 aliphatic heterocycles. The SMILES string of the molecule is C#Cc1c(F)ccc2cc(O)cc(-c3ncc4c(N5C6CC7CC(C6)CC5C7)nc(OC[C@@]56CCCN5C[C@H](F)C6)nc4c3F)c12. The van der Waals surface area contributed by atoms with Crippen LogP contribution >= 0.6 is 0 Å². The molecule has 2 aliphatic carbocycles. The fourth-order valence-corrected chi connectivity index (χ4v) is 9.75. The highest BCUT2D eigenvalue weighted by Gasteiger charge is 2.50. The quantitative estimate of drug-likeness (QED) is 0.253. The van der Waals surface area contributed by atoms with Gasteiger partial charge in [0.25, 0.3) is 0 Å². The van der Waals surface area contributed by atoms with Gasteiger partial charge < -0.3 is 14.7 Å². The molecule has 4 bridgehead atoms. The zero-order valence-corrected chi connectivity index (χ0v) is 25.4. The van der Waals surface area contributed by atoms with Gasteiger partial charge in [-0.05, 0) is 86.9 Å². The maximum Gasteiger partial charge on any atom is 0.319 e. The summed E-state index contributed by atoms with van der Waals surface area (Å²) in [6.45, 7) is 1.44. The summed E-state index contributed by atoms with van der Waals surface area (Å²) < 4.78 is 52.6. The number of phenolic OH excluding ortho intramolecular Hbond substituents is 1. The number of hydrogen-bond donors (Lipinski definition) is 1. The van der Waals surface area contributed by atoms with E-state index in [2.05, 4.69) is 25.7 Å². The van der Waals surface area contributed by atoms with E-state index < -0.39 is 23.3 Å². The van der Waals surface area contributed by atoms with Crippen molar-refractivity contribution in [2.45, 2.75) is 75.2 Å². The molecule has 0 spiro atoms. The van der Waals surface area contributed by atoms with Gasteiger partial charge >= 0.3 is 6.01 Å². The van der Waals surface area contributed by atoms with E-state index >= 15 is 4.39 Å². The minimum absolute atomic E-state index is 0.0320. The van der Waals surface area contributed by atoms with Crippen molar-refractivity contribution in [2.75, 3.05) is 24.6 Å². The summed E-state index contributed by atoms with van der Waals surface area (Å²) in [7, 11) is 0. The normalized spacial score (nSPS) is 30.0. The lowest BCUT2D eigenvalue weighted by Gasteiger charge is -2.57. The lowest BCUT2D eigenvalue weighted by molar-refractivity contribution is 0.0886. The predicted molar refractivity (Wildman–Crippen MR) is 168 cm³/mol. The maximum absolute atomic E-state index is 16.9. The van der Waals surface area contributed by atoms with Crippen LogP contribution in [0.25, 0.3) is 32.9 Å². The monoisotopic (exact) mass is 625 g/mol. The number of fused-ring (bicyclic) bond motifs is 3. The van der Waals surface area contributed by atoms with Crippen LogP contribution in [0.3, 0.4) is 0 Å². The number of halogens is 3. The number of pyridine rings is 1. The Morgan fingerprint density at radius 3 is 2.61 bits per heavy atom. The second-order valence-electron chi connectivity index (χ2n) is 14.2. The van der Waals surface area contributed by atoms with Gasteiger partial charge in [0.05, 0.1) is 16.5 Å². The summed E-state index contributed by atoms with van der Waals surface area (Å²) in [5.41, 5.74) is -0.366. The smallest absolute Gasteiger partial charge is 0.319 e. The van der Waals surface area contributed by atoms with Crippen molar-refractivity contribution in [1.82, 2.24) is 19.9 Å². The summed E-state index contributed by atoms with van der Waals surface area (Å²) in [4.78, 5) is 18.6. The highest BCUT2D eigenvalue weighted by molar-refractivity contribution is 6.03. The number of anilines is 1. The number of phenols is 1. The molecule has 2 atom stereocenters. The average molecular weight is 626 g/mol. The Kier molecular flexibility index (Phi) is 6.24. The van der Waals surface area contributed by atoms with Crippen molar-refractivity contribution in [2.24, 2.45) is 11.8 Å². The lowest BCUT2D eigenvalue weighted by Crippen LogP contribution is -2.58. The number of rotatable bonds is 5. The van der Waals surface area contributed by atoms with Crippen LogP contribution in [0.5, 0.6) is 11.8 Å². The first-order valence-electron chi connectivity index (χ1n) is 16.4. The molecule has 0 amide bonds. The summed E-state index contributed by atoms with van der Waals surface area (Å²) in [6.07, 6.45) is 14.2. The van der Waals surface area contributed by atoms with E-state index in [0.29, 0.717) is 53.5 Å². The van der Waals surface area contributed by atoms with E-state index in [1.165, 1.54) is 30.7 Å². The first kappa shape index (κ1) is 28.1. The molecule has 1 N–H and O–H groups in total. The first-order chi connectivity index (χ1) is 22.3. The molecule has 6 heterocycles. The topological polar surface area (TPSA) is 74.6 Å². The number of benzene rings is 2. The average Bonchev–Trinajstić information content (AvgIpc) is 3.55. The lowest BCUT2D eigenvalue weighted by atomic mass is 9.63. The Morgan fingerprint density at radius 1 is 1.07 bits per heavy atom. The zero-order chi connectivity index (χ0) is 31.3. The largest absolute Gasteiger partial charge is 0.508 e. The van der Waals surface area contributed by atoms with Crippen LogP contribution < -0.4 is 9.64 Å². The molecule has 6 aliphatic rings. The van der Waals surface area contributed by atoms with Crippen LogP contribution in [0, 0.1) is 35.8 Å². The Balaban J connectivity index is 1.21. The van der Waals surface area contributed by atoms with E-state index in [4.69, 9.17) is 16.1 Å². The number of terminal acetylenes is 1. The van der Waals surface area contributed by atoms with Crippen molar-refractivity contribution < 1.29 is 23.0 Å². The first-order valence-corrected chi connectivity index (χ1v) is 16.4. The third-order valence-corrected chi connectivity index (χ3v) is 11.4. The number of nitrogens with zero attached hydrogens (tertiary/aromatic N) is 5. The standard InChI is InChI=1S/C36H34F3N5O2/c1-2-26-29(38)5-4-21-13-25(45)14-27(30(21)26)32-31(39)33-28(16-40-32)34(44-23-9-19-8-20(11-23)12-24(44)10-19)42-35(41-33)46-18-36-6-3-7-43(36)17-22(37)15-36/h1,4-5,13-14,16,19-20,22-24,45H,3,6-12,15,17-18H2/t19?,20?,22-,23?,24?,36+/m1/s1. The Bertz CT molecular complexity index is 1930. The van der Waals surface area contributed by atoms with E-state index in [-0.39, 0.29) is 46.1 Å². The van der Waals surface area contributed by atoms with Crippen molar-refractivity contribution in [3.63, 3.8) is 0 Å². The molecule has 4 saturated heterocycles. The number of piperidine rings is 2. The molecule has 2 aromatic heterocycles. The molecule has 236 valence electrons. The van der Waals surface area contributed by atoms with Gasteiger partial charge in [-0.3, -0.25) is 9.88 Å². The van der Waals surface area contributed by atoms with Crippen LogP contribution in [0.1, 0.15) is 56.9 Å². The molecule has 7 nitrogen and oxygen atoms in total. The third-order valence-electron chi connectivity index (χ3n) is 11.4. The minimum Gasteiger partial charge on any atom is -0.508 e. The van der Waals surface area contributed by atoms with Gasteiger partial charge in [-0.25, -0.2) is 13.2 Å². The van der Waals surface area contributed by atoms with Gasteiger partial charge in [-0.2, -0.15) is 9.97 Å². The highest BCUT2D eigenvalue weighted by atomic mass is 19.1. The van der Waals surface area contributed by atoms with Gasteiger partial charge in [0.2, 0.25) is 0 Å². The van der Waals surface area contributed by atoms with Crippen LogP contribution in [0.4, 0.5) is 19.0 Å². The van der Waals surface area contributed by atoms with E-state index in [0.717, 1.165) is 45.1 Å². The van der Waals surface area contributed by atoms with Crippen LogP contribution in [-0.4, -0.2) is 68.4 Å². The highest BCUT2D eigenvalue weighted by Crippen LogP contribution is 2.51. The van der Waals surface area contributed by atoms with Gasteiger partial charge in [0.15, 0.2) is 5.82 Å². The van der Waals surface area contributed by atoms with Crippen LogP contribution in [-0.2, 0) is 0 Å². The van der Waals surface area contributed by atoms with Gasteiger partial charge in [-0.15, -0.1) is 6.42 Å². The van der Waals surface area contributed by atoms with E-state index in [1.54, 1.807) is 6.20 Å². The summed E-state index contributed by atoms with van der Waals surface area (Å²) >= 11 is 0. The van der Waals surface area contributed by atoms with E-state index in [9.17, 15) is 13.9 Å². The molecule has 2 aromatic carbocycles. The summed E-state index contributed by atoms with van der Waals surface area (Å²) in [5, 5.41) is 11.8. The molecular formula is C36H34F3N5O2. The van der Waals surface area contributed by atoms with Gasteiger partial charge in [0, 0.05) is 42.2 Å². The van der Waals surface area contributed by atoms with Gasteiger partial charge in [0.1, 0.15) is 41.4 Å². The number of hydrogen-bond acceptors (Lipinski definition) is 7. The Hall–Kier alpha value is -4.10. The molecule has 0 radical (unpaired) electrons. The van der Waals surface area contributed by atoms with E-state index in [1.807, 2.05) is 0 Å². The number of aromatic hydroxyl groups is 1. The third kappa shape index (κ3) is 4.20. The van der Waals surface area contributed by atoms with Gasteiger partial charge in [-0.1, -0.05) is 12.0 Å². The molecular weight excluding hydrogens is 591 g/mol. The number of alkyl halides is 1. The molecule has 2 saturated carbocycles. The second kappa shape index (κ2) is 10.2. The molecule has 10 rings (SSSR count). The molecule has 6 fully saturated rings. The van der Waals surface area contributed by atoms with Crippen molar-refractivity contribution in [3.8, 4) is 35.4 Å². The Labute approximate surface area is 264 Å². The molecule has 46 heavy (non-hydrogen) atoms. The maximum atomic E-state index is 16.9. The molecule has 10 heteroatoms. The molecule has 4 aromatic rings. The number of aromatic nitrogens is 3. The second-order valence-corrected chi connectivity index (χ2v) is 14.2. The Morgan fingerprint density at radius 2 is 1.85 bits per heavy atom. The summed E-state index contributed by atoms with van der Waals surface area (Å²) in [5.74, 6) is 2.92. The number of ether oxygens (including phenoxy) is 1. The van der Waals surface area contributed by atoms with Crippen molar-refractivity contribution >= 4 is 27.5 Å². The van der Waals surface area contributed by atoms with Crippen molar-refractivity contribution in [3.05, 3.63) is 47.7 Å². The zero-order valence-electron chi connectivity index (χ0n) is 25.4. The van der Waals surface area contributed by atoms with Crippen LogP contribution in [0.2, 0.25) is 0 Å². The van der Waals surface area contributed by atoms with Crippen molar-refractivity contribution in [1.29, 1.82) is 0 Å². The fourth-order valence-electron chi connectivity index (χ4n) is 9.75. The minimum atomic E-state index is -0.905. The molecule has 0 unspecified atom stereocenters.